The summed E-state index contributed by atoms with van der Waals surface area (Å²) < 4.78 is 10.4. The fourth-order valence-electron chi connectivity index (χ4n) is 1.67. The average molecular weight is 260 g/mol. The van der Waals surface area contributed by atoms with E-state index in [-0.39, 0.29) is 11.9 Å². The van der Waals surface area contributed by atoms with Crippen LogP contribution < -0.4 is 10.1 Å². The number of nitrogens with zero attached hydrogens (tertiary/aromatic N) is 1. The van der Waals surface area contributed by atoms with Gasteiger partial charge in [0.15, 0.2) is 0 Å². The minimum absolute atomic E-state index is 0.191. The minimum atomic E-state index is -0.197. The molecule has 0 aromatic carbocycles. The molecule has 1 atom stereocenters. The standard InChI is InChI=1S/C14H16N2O3/c1-9-4-6-12(19-9)10(2)16-14(17)11-5-7-13(18-3)15-8-11/h4-8,10H,1-3H3,(H,16,17). The second-order valence-electron chi connectivity index (χ2n) is 4.23. The van der Waals surface area contributed by atoms with Gasteiger partial charge in [0.2, 0.25) is 5.88 Å². The zero-order valence-corrected chi connectivity index (χ0v) is 11.1. The SMILES string of the molecule is COc1ccc(C(=O)NC(C)c2ccc(C)o2)cn1. The molecule has 5 nitrogen and oxygen atoms in total. The van der Waals surface area contributed by atoms with Crippen molar-refractivity contribution >= 4 is 5.91 Å². The molecule has 0 radical (unpaired) electrons. The van der Waals surface area contributed by atoms with Gasteiger partial charge >= 0.3 is 0 Å². The molecule has 2 aromatic rings. The predicted molar refractivity (Wildman–Crippen MR) is 70.1 cm³/mol. The Bertz CT molecular complexity index is 560. The minimum Gasteiger partial charge on any atom is -0.481 e. The highest BCUT2D eigenvalue weighted by Gasteiger charge is 2.14. The molecule has 0 spiro atoms. The number of ether oxygens (including phenoxy) is 1. The monoisotopic (exact) mass is 260 g/mol. The van der Waals surface area contributed by atoms with Crippen LogP contribution in [-0.2, 0) is 0 Å². The number of carbonyl (C=O) groups is 1. The van der Waals surface area contributed by atoms with Crippen molar-refractivity contribution in [2.45, 2.75) is 19.9 Å². The van der Waals surface area contributed by atoms with Crippen LogP contribution >= 0.6 is 0 Å². The van der Waals surface area contributed by atoms with Crippen molar-refractivity contribution in [1.29, 1.82) is 0 Å². The normalized spacial score (nSPS) is 11.9. The zero-order valence-electron chi connectivity index (χ0n) is 11.1. The molecule has 0 saturated heterocycles. The number of methoxy groups -OCH3 is 1. The van der Waals surface area contributed by atoms with E-state index in [2.05, 4.69) is 10.3 Å². The van der Waals surface area contributed by atoms with Crippen molar-refractivity contribution in [3.8, 4) is 5.88 Å². The van der Waals surface area contributed by atoms with Crippen LogP contribution in [0.25, 0.3) is 0 Å². The van der Waals surface area contributed by atoms with Crippen molar-refractivity contribution in [3.63, 3.8) is 0 Å². The van der Waals surface area contributed by atoms with Crippen molar-refractivity contribution in [2.75, 3.05) is 7.11 Å². The van der Waals surface area contributed by atoms with Gasteiger partial charge in [0.1, 0.15) is 11.5 Å². The Labute approximate surface area is 111 Å². The van der Waals surface area contributed by atoms with E-state index in [1.165, 1.54) is 13.3 Å². The zero-order chi connectivity index (χ0) is 13.8. The van der Waals surface area contributed by atoms with E-state index in [0.29, 0.717) is 11.4 Å². The molecule has 100 valence electrons. The third kappa shape index (κ3) is 3.13. The lowest BCUT2D eigenvalue weighted by Gasteiger charge is -2.11. The molecule has 0 aliphatic heterocycles. The van der Waals surface area contributed by atoms with Gasteiger partial charge in [-0.2, -0.15) is 0 Å². The molecule has 2 rings (SSSR count). The highest BCUT2D eigenvalue weighted by Crippen LogP contribution is 2.16. The van der Waals surface area contributed by atoms with E-state index in [4.69, 9.17) is 9.15 Å². The molecule has 2 heterocycles. The Morgan fingerprint density at radius 3 is 2.68 bits per heavy atom. The summed E-state index contributed by atoms with van der Waals surface area (Å²) >= 11 is 0. The summed E-state index contributed by atoms with van der Waals surface area (Å²) in [6.45, 7) is 3.73. The van der Waals surface area contributed by atoms with Crippen molar-refractivity contribution in [1.82, 2.24) is 10.3 Å². The molecule has 2 aromatic heterocycles. The van der Waals surface area contributed by atoms with Gasteiger partial charge in [0.05, 0.1) is 18.7 Å². The van der Waals surface area contributed by atoms with Crippen molar-refractivity contribution < 1.29 is 13.9 Å². The van der Waals surface area contributed by atoms with Crippen LogP contribution in [0, 0.1) is 6.92 Å². The predicted octanol–water partition coefficient (Wildman–Crippen LogP) is 2.48. The first kappa shape index (κ1) is 13.1. The molecule has 0 aliphatic carbocycles. The van der Waals surface area contributed by atoms with Gasteiger partial charge in [0, 0.05) is 12.3 Å². The average Bonchev–Trinajstić information content (AvgIpc) is 2.85. The maximum atomic E-state index is 12.0. The summed E-state index contributed by atoms with van der Waals surface area (Å²) in [5, 5.41) is 2.85. The van der Waals surface area contributed by atoms with Crippen LogP contribution in [0.5, 0.6) is 5.88 Å². The summed E-state index contributed by atoms with van der Waals surface area (Å²) in [6, 6.07) is 6.85. The molecule has 5 heteroatoms. The number of pyridine rings is 1. The lowest BCUT2D eigenvalue weighted by atomic mass is 10.2. The second kappa shape index (κ2) is 5.56. The maximum absolute atomic E-state index is 12.0. The Morgan fingerprint density at radius 2 is 2.16 bits per heavy atom. The van der Waals surface area contributed by atoms with Crippen LogP contribution in [0.4, 0.5) is 0 Å². The molecule has 0 aliphatic rings. The summed E-state index contributed by atoms with van der Waals surface area (Å²) in [5.41, 5.74) is 0.482. The van der Waals surface area contributed by atoms with Crippen LogP contribution in [0.3, 0.4) is 0 Å². The van der Waals surface area contributed by atoms with Crippen LogP contribution in [0.15, 0.2) is 34.9 Å². The first-order valence-electron chi connectivity index (χ1n) is 5.97. The lowest BCUT2D eigenvalue weighted by Crippen LogP contribution is -2.26. The fourth-order valence-corrected chi connectivity index (χ4v) is 1.67. The van der Waals surface area contributed by atoms with Crippen LogP contribution in [0.2, 0.25) is 0 Å². The first-order chi connectivity index (χ1) is 9.10. The lowest BCUT2D eigenvalue weighted by molar-refractivity contribution is 0.0934. The fraction of sp³-hybridized carbons (Fsp3) is 0.286. The Hall–Kier alpha value is -2.30. The van der Waals surface area contributed by atoms with Gasteiger partial charge in [0.25, 0.3) is 5.91 Å². The Kier molecular flexibility index (Phi) is 3.85. The number of hydrogen-bond donors (Lipinski definition) is 1. The molecular weight excluding hydrogens is 244 g/mol. The van der Waals surface area contributed by atoms with Gasteiger partial charge in [-0.1, -0.05) is 0 Å². The number of hydrogen-bond acceptors (Lipinski definition) is 4. The molecule has 1 unspecified atom stereocenters. The number of amides is 1. The van der Waals surface area contributed by atoms with Gasteiger partial charge in [-0.15, -0.1) is 0 Å². The molecule has 0 bridgehead atoms. The van der Waals surface area contributed by atoms with Crippen molar-refractivity contribution in [3.05, 3.63) is 47.5 Å². The smallest absolute Gasteiger partial charge is 0.253 e. The van der Waals surface area contributed by atoms with Gasteiger partial charge < -0.3 is 14.5 Å². The summed E-state index contributed by atoms with van der Waals surface area (Å²) in [7, 11) is 1.53. The van der Waals surface area contributed by atoms with E-state index in [0.717, 1.165) is 11.5 Å². The number of furan rings is 1. The third-order valence-corrected chi connectivity index (χ3v) is 2.74. The molecule has 1 amide bonds. The van der Waals surface area contributed by atoms with Crippen LogP contribution in [0.1, 0.15) is 34.8 Å². The topological polar surface area (TPSA) is 64.4 Å². The summed E-state index contributed by atoms with van der Waals surface area (Å²) in [5.74, 6) is 1.83. The quantitative estimate of drug-likeness (QED) is 0.917. The van der Waals surface area contributed by atoms with E-state index in [1.807, 2.05) is 26.0 Å². The highest BCUT2D eigenvalue weighted by molar-refractivity contribution is 5.94. The van der Waals surface area contributed by atoms with E-state index in [1.54, 1.807) is 12.1 Å². The van der Waals surface area contributed by atoms with Gasteiger partial charge in [-0.25, -0.2) is 4.98 Å². The van der Waals surface area contributed by atoms with E-state index >= 15 is 0 Å². The molecule has 0 saturated carbocycles. The largest absolute Gasteiger partial charge is 0.481 e. The Balaban J connectivity index is 2.03. The number of nitrogens with one attached hydrogen (secondary N) is 1. The summed E-state index contributed by atoms with van der Waals surface area (Å²) in [6.07, 6.45) is 1.48. The van der Waals surface area contributed by atoms with Gasteiger partial charge in [-0.05, 0) is 32.0 Å². The van der Waals surface area contributed by atoms with Crippen molar-refractivity contribution in [2.24, 2.45) is 0 Å². The Morgan fingerprint density at radius 1 is 1.37 bits per heavy atom. The number of aromatic nitrogens is 1. The highest BCUT2D eigenvalue weighted by atomic mass is 16.5. The third-order valence-electron chi connectivity index (χ3n) is 2.74. The molecule has 0 fully saturated rings. The van der Waals surface area contributed by atoms with E-state index in [9.17, 15) is 4.79 Å². The number of rotatable bonds is 4. The molecule has 19 heavy (non-hydrogen) atoms. The number of carbonyl (C=O) groups excluding carboxylic acids is 1. The van der Waals surface area contributed by atoms with Gasteiger partial charge in [-0.3, -0.25) is 4.79 Å². The maximum Gasteiger partial charge on any atom is 0.253 e. The number of aryl methyl sites for hydroxylation is 1. The molecular formula is C14H16N2O3. The van der Waals surface area contributed by atoms with E-state index < -0.39 is 0 Å². The van der Waals surface area contributed by atoms with Crippen LogP contribution in [-0.4, -0.2) is 18.0 Å². The second-order valence-corrected chi connectivity index (χ2v) is 4.23. The molecule has 1 N–H and O–H groups in total. The summed E-state index contributed by atoms with van der Waals surface area (Å²) in [4.78, 5) is 16.0. The first-order valence-corrected chi connectivity index (χ1v) is 5.97.